The minimum absolute atomic E-state index is 0.109. The quantitative estimate of drug-likeness (QED) is 0.754. The lowest BCUT2D eigenvalue weighted by atomic mass is 10.4. The second kappa shape index (κ2) is 5.39. The van der Waals surface area contributed by atoms with E-state index in [-0.39, 0.29) is 11.6 Å². The van der Waals surface area contributed by atoms with Crippen molar-refractivity contribution >= 4 is 11.8 Å². The Labute approximate surface area is 94.9 Å². The predicted octanol–water partition coefficient (Wildman–Crippen LogP) is -0.157. The van der Waals surface area contributed by atoms with Crippen molar-refractivity contribution in [2.24, 2.45) is 0 Å². The van der Waals surface area contributed by atoms with Crippen molar-refractivity contribution in [2.45, 2.75) is 5.92 Å². The van der Waals surface area contributed by atoms with Crippen LogP contribution in [0.3, 0.4) is 0 Å². The molecule has 94 valence electrons. The molecule has 0 unspecified atom stereocenters. The van der Waals surface area contributed by atoms with E-state index in [4.69, 9.17) is 5.11 Å². The van der Waals surface area contributed by atoms with E-state index in [2.05, 4.69) is 9.72 Å². The van der Waals surface area contributed by atoms with Crippen molar-refractivity contribution in [1.82, 2.24) is 4.98 Å². The summed E-state index contributed by atoms with van der Waals surface area (Å²) in [5, 5.41) is 20.3. The molecule has 0 fully saturated rings. The molecular weight excluding hydrogens is 238 g/mol. The maximum atomic E-state index is 12.6. The minimum Gasteiger partial charge on any atom is -0.530 e. The number of pyridine rings is 1. The monoisotopic (exact) mass is 247 g/mol. The molecule has 0 aromatic carbocycles. The number of rotatable bonds is 5. The largest absolute Gasteiger partial charge is 0.530 e. The number of ether oxygens (including phenoxy) is 1. The van der Waals surface area contributed by atoms with E-state index < -0.39 is 25.2 Å². The number of alkyl halides is 2. The Morgan fingerprint density at radius 1 is 1.59 bits per heavy atom. The summed E-state index contributed by atoms with van der Waals surface area (Å²) in [6, 6.07) is 2.48. The van der Waals surface area contributed by atoms with Gasteiger partial charge >= 0.3 is 5.92 Å². The third-order valence-corrected chi connectivity index (χ3v) is 1.65. The molecule has 1 amide bonds. The van der Waals surface area contributed by atoms with Crippen LogP contribution in [-0.4, -0.2) is 35.3 Å². The number of aromatic nitrogens is 1. The normalized spacial score (nSPS) is 11.0. The van der Waals surface area contributed by atoms with Gasteiger partial charge in [-0.05, 0) is 6.07 Å². The molecule has 0 radical (unpaired) electrons. The molecule has 2 N–H and O–H groups in total. The zero-order valence-electron chi connectivity index (χ0n) is 8.52. The third kappa shape index (κ3) is 4.60. The molecule has 0 saturated carbocycles. The molecule has 1 aromatic rings. The molecule has 1 heterocycles. The molecule has 1 aromatic heterocycles. The molecule has 0 aliphatic carbocycles. The second-order valence-corrected chi connectivity index (χ2v) is 3.10. The van der Waals surface area contributed by atoms with E-state index in [0.717, 1.165) is 6.20 Å². The second-order valence-electron chi connectivity index (χ2n) is 3.10. The van der Waals surface area contributed by atoms with Gasteiger partial charge in [0.1, 0.15) is 12.7 Å². The molecule has 17 heavy (non-hydrogen) atoms. The van der Waals surface area contributed by atoms with Crippen molar-refractivity contribution in [3.63, 3.8) is 0 Å². The molecule has 0 spiro atoms. The van der Waals surface area contributed by atoms with Crippen LogP contribution >= 0.6 is 0 Å². The van der Waals surface area contributed by atoms with Crippen LogP contribution in [0.15, 0.2) is 18.3 Å². The van der Waals surface area contributed by atoms with Crippen LogP contribution in [0.4, 0.5) is 19.3 Å². The smallest absolute Gasteiger partial charge is 0.303 e. The van der Waals surface area contributed by atoms with E-state index in [0.29, 0.717) is 0 Å². The van der Waals surface area contributed by atoms with Gasteiger partial charge in [0.25, 0.3) is 0 Å². The van der Waals surface area contributed by atoms with Crippen LogP contribution in [0.25, 0.3) is 0 Å². The summed E-state index contributed by atoms with van der Waals surface area (Å²) in [5.41, 5.74) is 0.131. The summed E-state index contributed by atoms with van der Waals surface area (Å²) in [6.07, 6.45) is -0.422. The van der Waals surface area contributed by atoms with Gasteiger partial charge in [-0.3, -0.25) is 0 Å². The van der Waals surface area contributed by atoms with E-state index in [9.17, 15) is 18.7 Å². The highest BCUT2D eigenvalue weighted by atomic mass is 19.3. The van der Waals surface area contributed by atoms with Gasteiger partial charge in [0.15, 0.2) is 6.61 Å². The average Bonchev–Trinajstić information content (AvgIpc) is 2.28. The molecule has 0 aliphatic rings. The van der Waals surface area contributed by atoms with Gasteiger partial charge in [-0.1, -0.05) is 0 Å². The molecular formula is C9H9F2N2O4-. The number of carboxylic acid groups (broad SMARTS) is 1. The molecule has 6 nitrogen and oxygen atoms in total. The van der Waals surface area contributed by atoms with Crippen molar-refractivity contribution in [1.29, 1.82) is 0 Å². The number of aliphatic hydroxyl groups is 1. The van der Waals surface area contributed by atoms with E-state index in [1.54, 1.807) is 0 Å². The minimum atomic E-state index is -3.34. The molecule has 0 saturated heterocycles. The highest BCUT2D eigenvalue weighted by Crippen LogP contribution is 2.16. The molecule has 8 heteroatoms. The Bertz CT molecular complexity index is 383. The number of carbonyl (C=O) groups is 1. The number of aliphatic hydroxyl groups excluding tert-OH is 1. The SMILES string of the molecule is O=C([O-])Nc1ccc(OCC(F)(F)CO)nc1. The summed E-state index contributed by atoms with van der Waals surface area (Å²) in [5.74, 6) is -3.45. The van der Waals surface area contributed by atoms with Crippen LogP contribution in [0.5, 0.6) is 5.88 Å². The third-order valence-electron chi connectivity index (χ3n) is 1.65. The first-order chi connectivity index (χ1) is 7.93. The molecule has 1 rings (SSSR count). The number of hydrogen-bond acceptors (Lipinski definition) is 5. The van der Waals surface area contributed by atoms with Gasteiger partial charge in [-0.25, -0.2) is 13.8 Å². The summed E-state index contributed by atoms with van der Waals surface area (Å²) < 4.78 is 29.8. The van der Waals surface area contributed by atoms with Gasteiger partial charge in [0.05, 0.1) is 11.9 Å². The number of nitrogens with zero attached hydrogens (tertiary/aromatic N) is 1. The number of nitrogens with one attached hydrogen (secondary N) is 1. The lowest BCUT2D eigenvalue weighted by Gasteiger charge is -2.13. The molecule has 0 atom stereocenters. The van der Waals surface area contributed by atoms with Gasteiger partial charge in [0, 0.05) is 6.07 Å². The van der Waals surface area contributed by atoms with Crippen molar-refractivity contribution in [3.8, 4) is 5.88 Å². The maximum absolute atomic E-state index is 12.6. The van der Waals surface area contributed by atoms with Gasteiger partial charge < -0.3 is 25.1 Å². The first kappa shape index (κ1) is 13.1. The van der Waals surface area contributed by atoms with Crippen molar-refractivity contribution < 1.29 is 28.5 Å². The maximum Gasteiger partial charge on any atom is 0.303 e. The Balaban J connectivity index is 2.54. The van der Waals surface area contributed by atoms with Gasteiger partial charge in [-0.15, -0.1) is 0 Å². The molecule has 0 aliphatic heterocycles. The predicted molar refractivity (Wildman–Crippen MR) is 50.8 cm³/mol. The summed E-state index contributed by atoms with van der Waals surface area (Å²) in [7, 11) is 0. The van der Waals surface area contributed by atoms with Gasteiger partial charge in [-0.2, -0.15) is 0 Å². The lowest BCUT2D eigenvalue weighted by molar-refractivity contribution is -0.242. The van der Waals surface area contributed by atoms with Gasteiger partial charge in [0.2, 0.25) is 5.88 Å². The fraction of sp³-hybridized carbons (Fsp3) is 0.333. The summed E-state index contributed by atoms with van der Waals surface area (Å²) in [6.45, 7) is -2.33. The zero-order chi connectivity index (χ0) is 12.9. The fourth-order valence-corrected chi connectivity index (χ4v) is 0.883. The standard InChI is InChI=1S/C9H10F2N2O4/c10-9(11,4-14)5-17-7-2-1-6(3-12-7)13-8(15)16/h1-3,13-14H,4-5H2,(H,15,16)/p-1. The Kier molecular flexibility index (Phi) is 4.16. The molecule has 0 bridgehead atoms. The zero-order valence-corrected chi connectivity index (χ0v) is 8.52. The van der Waals surface area contributed by atoms with Crippen LogP contribution in [-0.2, 0) is 0 Å². The lowest BCUT2D eigenvalue weighted by Crippen LogP contribution is -2.30. The number of amides is 1. The van der Waals surface area contributed by atoms with Crippen LogP contribution in [0, 0.1) is 0 Å². The fourth-order valence-electron chi connectivity index (χ4n) is 0.883. The van der Waals surface area contributed by atoms with Crippen molar-refractivity contribution in [2.75, 3.05) is 18.5 Å². The summed E-state index contributed by atoms with van der Waals surface area (Å²) in [4.78, 5) is 13.7. The summed E-state index contributed by atoms with van der Waals surface area (Å²) >= 11 is 0. The average molecular weight is 247 g/mol. The van der Waals surface area contributed by atoms with E-state index >= 15 is 0 Å². The number of anilines is 1. The number of carbonyl (C=O) groups excluding carboxylic acids is 1. The number of hydrogen-bond donors (Lipinski definition) is 2. The van der Waals surface area contributed by atoms with E-state index in [1.807, 2.05) is 5.32 Å². The Morgan fingerprint density at radius 3 is 2.76 bits per heavy atom. The first-order valence-electron chi connectivity index (χ1n) is 4.48. The van der Waals surface area contributed by atoms with Crippen LogP contribution in [0.1, 0.15) is 0 Å². The number of halogens is 2. The Morgan fingerprint density at radius 2 is 2.29 bits per heavy atom. The van der Waals surface area contributed by atoms with Crippen molar-refractivity contribution in [3.05, 3.63) is 18.3 Å². The Hall–Kier alpha value is -1.96. The van der Waals surface area contributed by atoms with Crippen LogP contribution < -0.4 is 15.2 Å². The van der Waals surface area contributed by atoms with Crippen LogP contribution in [0.2, 0.25) is 0 Å². The topological polar surface area (TPSA) is 94.5 Å². The first-order valence-corrected chi connectivity index (χ1v) is 4.48. The highest BCUT2D eigenvalue weighted by molar-refractivity contribution is 5.80. The highest BCUT2D eigenvalue weighted by Gasteiger charge is 2.28. The van der Waals surface area contributed by atoms with E-state index in [1.165, 1.54) is 12.1 Å².